The van der Waals surface area contributed by atoms with Crippen molar-refractivity contribution < 1.29 is 9.47 Å². The summed E-state index contributed by atoms with van der Waals surface area (Å²) >= 11 is 0. The highest BCUT2D eigenvalue weighted by molar-refractivity contribution is 5.65. The van der Waals surface area contributed by atoms with Gasteiger partial charge in [0.2, 0.25) is 0 Å². The van der Waals surface area contributed by atoms with Gasteiger partial charge in [-0.1, -0.05) is 18.2 Å². The zero-order chi connectivity index (χ0) is 20.6. The first-order valence-electron chi connectivity index (χ1n) is 9.19. The zero-order valence-corrected chi connectivity index (χ0v) is 16.7. The van der Waals surface area contributed by atoms with Gasteiger partial charge in [-0.25, -0.2) is 9.97 Å². The number of nitriles is 1. The Morgan fingerprint density at radius 3 is 2.48 bits per heavy atom. The predicted octanol–water partition coefficient (Wildman–Crippen LogP) is 4.07. The van der Waals surface area contributed by atoms with Crippen molar-refractivity contribution >= 4 is 17.3 Å². The van der Waals surface area contributed by atoms with Crippen molar-refractivity contribution in [2.45, 2.75) is 13.3 Å². The molecule has 0 saturated carbocycles. The largest absolute Gasteiger partial charge is 0.493 e. The van der Waals surface area contributed by atoms with E-state index in [0.29, 0.717) is 40.9 Å². The van der Waals surface area contributed by atoms with E-state index in [1.165, 1.54) is 0 Å². The number of anilines is 3. The van der Waals surface area contributed by atoms with Crippen LogP contribution in [0.15, 0.2) is 48.5 Å². The number of aromatic nitrogens is 2. The van der Waals surface area contributed by atoms with Crippen LogP contribution in [0.3, 0.4) is 0 Å². The molecule has 0 aliphatic heterocycles. The fourth-order valence-electron chi connectivity index (χ4n) is 2.92. The van der Waals surface area contributed by atoms with Gasteiger partial charge in [0.15, 0.2) is 11.5 Å². The molecule has 1 heterocycles. The average molecular weight is 389 g/mol. The molecule has 0 aliphatic rings. The van der Waals surface area contributed by atoms with Gasteiger partial charge in [0.25, 0.3) is 0 Å². The number of benzene rings is 2. The minimum Gasteiger partial charge on any atom is -0.493 e. The average Bonchev–Trinajstić information content (AvgIpc) is 2.73. The van der Waals surface area contributed by atoms with Gasteiger partial charge in [-0.2, -0.15) is 5.26 Å². The zero-order valence-electron chi connectivity index (χ0n) is 16.7. The molecule has 0 saturated heterocycles. The van der Waals surface area contributed by atoms with Crippen molar-refractivity contribution in [2.75, 3.05) is 31.4 Å². The standard InChI is InChI=1S/C22H23N5O2/c1-15-25-21(13-22(26-15)27-18-7-5-4-6-17(18)14-23)24-11-10-16-8-9-19(28-2)20(12-16)29-3/h4-9,12-13H,10-11H2,1-3H3,(H2,24,25,26,27). The van der Waals surface area contributed by atoms with Gasteiger partial charge in [0.05, 0.1) is 25.5 Å². The Morgan fingerprint density at radius 1 is 0.966 bits per heavy atom. The molecule has 0 bridgehead atoms. The molecule has 7 nitrogen and oxygen atoms in total. The number of para-hydroxylation sites is 1. The van der Waals surface area contributed by atoms with Crippen LogP contribution in [0.25, 0.3) is 0 Å². The topological polar surface area (TPSA) is 92.1 Å². The third-order valence-electron chi connectivity index (χ3n) is 4.32. The molecule has 2 N–H and O–H groups in total. The molecule has 3 aromatic rings. The normalized spacial score (nSPS) is 10.1. The third kappa shape index (κ3) is 5.14. The number of hydrogen-bond donors (Lipinski definition) is 2. The van der Waals surface area contributed by atoms with E-state index in [1.54, 1.807) is 20.3 Å². The lowest BCUT2D eigenvalue weighted by molar-refractivity contribution is 0.354. The van der Waals surface area contributed by atoms with E-state index < -0.39 is 0 Å². The number of methoxy groups -OCH3 is 2. The molecule has 0 fully saturated rings. The molecule has 7 heteroatoms. The number of ether oxygens (including phenoxy) is 2. The lowest BCUT2D eigenvalue weighted by atomic mass is 10.1. The Labute approximate surface area is 170 Å². The molecule has 0 amide bonds. The van der Waals surface area contributed by atoms with Gasteiger partial charge < -0.3 is 20.1 Å². The highest BCUT2D eigenvalue weighted by Crippen LogP contribution is 2.27. The molecule has 0 aliphatic carbocycles. The molecule has 3 rings (SSSR count). The monoisotopic (exact) mass is 389 g/mol. The number of nitrogens with one attached hydrogen (secondary N) is 2. The Hall–Kier alpha value is -3.79. The van der Waals surface area contributed by atoms with Crippen LogP contribution in [0, 0.1) is 18.3 Å². The minimum absolute atomic E-state index is 0.562. The number of aryl methyl sites for hydroxylation is 1. The summed E-state index contributed by atoms with van der Waals surface area (Å²) in [5.74, 6) is 3.41. The van der Waals surface area contributed by atoms with Crippen LogP contribution in [0.2, 0.25) is 0 Å². The van der Waals surface area contributed by atoms with Crippen molar-refractivity contribution in [3.63, 3.8) is 0 Å². The van der Waals surface area contributed by atoms with Gasteiger partial charge in [-0.05, 0) is 43.2 Å². The third-order valence-corrected chi connectivity index (χ3v) is 4.32. The maximum atomic E-state index is 9.25. The van der Waals surface area contributed by atoms with Gasteiger partial charge in [0, 0.05) is 12.6 Å². The van der Waals surface area contributed by atoms with E-state index in [0.717, 1.165) is 17.8 Å². The first-order valence-corrected chi connectivity index (χ1v) is 9.19. The second-order valence-corrected chi connectivity index (χ2v) is 6.33. The maximum Gasteiger partial charge on any atom is 0.160 e. The summed E-state index contributed by atoms with van der Waals surface area (Å²) in [5, 5.41) is 15.8. The van der Waals surface area contributed by atoms with E-state index >= 15 is 0 Å². The smallest absolute Gasteiger partial charge is 0.160 e. The Bertz CT molecular complexity index is 1030. The van der Waals surface area contributed by atoms with Crippen molar-refractivity contribution in [1.29, 1.82) is 5.26 Å². The van der Waals surface area contributed by atoms with Crippen LogP contribution >= 0.6 is 0 Å². The Morgan fingerprint density at radius 2 is 1.72 bits per heavy atom. The maximum absolute atomic E-state index is 9.25. The summed E-state index contributed by atoms with van der Waals surface area (Å²) in [6.07, 6.45) is 0.795. The summed E-state index contributed by atoms with van der Waals surface area (Å²) in [5.41, 5.74) is 2.40. The summed E-state index contributed by atoms with van der Waals surface area (Å²) in [6, 6.07) is 17.2. The fraction of sp³-hybridized carbons (Fsp3) is 0.227. The molecule has 1 aromatic heterocycles. The van der Waals surface area contributed by atoms with Gasteiger partial charge in [-0.3, -0.25) is 0 Å². The molecule has 148 valence electrons. The first kappa shape index (κ1) is 20.0. The minimum atomic E-state index is 0.562. The lowest BCUT2D eigenvalue weighted by Crippen LogP contribution is -2.09. The molecule has 29 heavy (non-hydrogen) atoms. The fourth-order valence-corrected chi connectivity index (χ4v) is 2.92. The van der Waals surface area contributed by atoms with E-state index in [4.69, 9.17) is 9.47 Å². The molecule has 0 spiro atoms. The quantitative estimate of drug-likeness (QED) is 0.600. The van der Waals surface area contributed by atoms with Gasteiger partial charge >= 0.3 is 0 Å². The summed E-state index contributed by atoms with van der Waals surface area (Å²) < 4.78 is 10.6. The van der Waals surface area contributed by atoms with E-state index in [2.05, 4.69) is 26.7 Å². The van der Waals surface area contributed by atoms with E-state index in [-0.39, 0.29) is 0 Å². The second kappa shape index (κ2) is 9.42. The SMILES string of the molecule is COc1ccc(CCNc2cc(Nc3ccccc3C#N)nc(C)n2)cc1OC. The van der Waals surface area contributed by atoms with Crippen LogP contribution in [0.5, 0.6) is 11.5 Å². The summed E-state index contributed by atoms with van der Waals surface area (Å²) in [7, 11) is 3.25. The molecule has 2 aromatic carbocycles. The summed E-state index contributed by atoms with van der Waals surface area (Å²) in [6.45, 7) is 2.53. The van der Waals surface area contributed by atoms with Crippen molar-refractivity contribution in [3.8, 4) is 17.6 Å². The Balaban J connectivity index is 1.67. The van der Waals surface area contributed by atoms with Crippen molar-refractivity contribution in [3.05, 3.63) is 65.5 Å². The first-order chi connectivity index (χ1) is 14.1. The van der Waals surface area contributed by atoms with Gasteiger partial charge in [-0.15, -0.1) is 0 Å². The number of nitrogens with zero attached hydrogens (tertiary/aromatic N) is 3. The second-order valence-electron chi connectivity index (χ2n) is 6.33. The number of hydrogen-bond acceptors (Lipinski definition) is 7. The van der Waals surface area contributed by atoms with Crippen LogP contribution in [-0.2, 0) is 6.42 Å². The predicted molar refractivity (Wildman–Crippen MR) is 113 cm³/mol. The van der Waals surface area contributed by atoms with Crippen LogP contribution in [0.1, 0.15) is 17.0 Å². The highest BCUT2D eigenvalue weighted by Gasteiger charge is 2.07. The molecular formula is C22H23N5O2. The molecule has 0 radical (unpaired) electrons. The Kier molecular flexibility index (Phi) is 6.48. The summed E-state index contributed by atoms with van der Waals surface area (Å²) in [4.78, 5) is 8.85. The van der Waals surface area contributed by atoms with E-state index in [1.807, 2.05) is 49.4 Å². The molecule has 0 unspecified atom stereocenters. The van der Waals surface area contributed by atoms with E-state index in [9.17, 15) is 5.26 Å². The van der Waals surface area contributed by atoms with Crippen molar-refractivity contribution in [1.82, 2.24) is 9.97 Å². The highest BCUT2D eigenvalue weighted by atomic mass is 16.5. The number of rotatable bonds is 8. The molecular weight excluding hydrogens is 366 g/mol. The van der Waals surface area contributed by atoms with Crippen LogP contribution in [-0.4, -0.2) is 30.7 Å². The molecule has 0 atom stereocenters. The lowest BCUT2D eigenvalue weighted by Gasteiger charge is -2.12. The van der Waals surface area contributed by atoms with Crippen LogP contribution < -0.4 is 20.1 Å². The van der Waals surface area contributed by atoms with Crippen LogP contribution in [0.4, 0.5) is 17.3 Å². The van der Waals surface area contributed by atoms with Gasteiger partial charge in [0.1, 0.15) is 23.5 Å². The van der Waals surface area contributed by atoms with Crippen molar-refractivity contribution in [2.24, 2.45) is 0 Å².